The second-order valence-electron chi connectivity index (χ2n) is 4.91. The number of benzene rings is 1. The summed E-state index contributed by atoms with van der Waals surface area (Å²) >= 11 is 0. The molecule has 1 aliphatic carbocycles. The van der Waals surface area contributed by atoms with Crippen LogP contribution in [-0.4, -0.2) is 12.7 Å². The Morgan fingerprint density at radius 1 is 1.24 bits per heavy atom. The van der Waals surface area contributed by atoms with Crippen LogP contribution in [0.5, 0.6) is 0 Å². The predicted molar refractivity (Wildman–Crippen MR) is 69.9 cm³/mol. The topological polar surface area (TPSA) is 12.0 Å². The second-order valence-corrected chi connectivity index (χ2v) is 4.91. The molecule has 0 aromatic heterocycles. The molecule has 0 spiro atoms. The molecule has 0 fully saturated rings. The highest BCUT2D eigenvalue weighted by Gasteiger charge is 2.31. The summed E-state index contributed by atoms with van der Waals surface area (Å²) in [6.45, 7) is 3.14. The molecule has 1 aromatic carbocycles. The summed E-state index contributed by atoms with van der Waals surface area (Å²) < 4.78 is 13.9. The lowest BCUT2D eigenvalue weighted by atomic mass is 10.1. The Bertz CT molecular complexity index is 351. The Morgan fingerprint density at radius 2 is 2.06 bits per heavy atom. The minimum absolute atomic E-state index is 0.0761. The van der Waals surface area contributed by atoms with Crippen LogP contribution in [0, 0.1) is 0 Å². The monoisotopic (exact) mass is 235 g/mol. The molecule has 0 aliphatic heterocycles. The van der Waals surface area contributed by atoms with Crippen LogP contribution in [0.2, 0.25) is 0 Å². The summed E-state index contributed by atoms with van der Waals surface area (Å²) in [6, 6.07) is 8.02. The van der Waals surface area contributed by atoms with Crippen molar-refractivity contribution >= 4 is 0 Å². The highest BCUT2D eigenvalue weighted by atomic mass is 19.1. The Morgan fingerprint density at radius 3 is 2.88 bits per heavy atom. The summed E-state index contributed by atoms with van der Waals surface area (Å²) in [4.78, 5) is 0. The zero-order valence-corrected chi connectivity index (χ0v) is 10.6. The first-order valence-electron chi connectivity index (χ1n) is 6.78. The summed E-state index contributed by atoms with van der Waals surface area (Å²) in [5.41, 5.74) is 2.33. The molecule has 1 N–H and O–H groups in total. The van der Waals surface area contributed by atoms with Gasteiger partial charge in [-0.05, 0) is 24.1 Å². The van der Waals surface area contributed by atoms with E-state index in [0.717, 1.165) is 18.5 Å². The van der Waals surface area contributed by atoms with Crippen LogP contribution in [0.25, 0.3) is 0 Å². The molecule has 0 unspecified atom stereocenters. The molecule has 0 radical (unpaired) electrons. The quantitative estimate of drug-likeness (QED) is 0.740. The fraction of sp³-hybridized carbons (Fsp3) is 0.600. The van der Waals surface area contributed by atoms with E-state index >= 15 is 0 Å². The number of unbranched alkanes of at least 4 members (excludes halogenated alkanes) is 3. The molecule has 2 atom stereocenters. The van der Waals surface area contributed by atoms with Gasteiger partial charge in [-0.25, -0.2) is 4.39 Å². The van der Waals surface area contributed by atoms with Gasteiger partial charge in [0.05, 0.1) is 6.04 Å². The number of alkyl halides is 1. The van der Waals surface area contributed by atoms with Crippen LogP contribution in [0.4, 0.5) is 4.39 Å². The molecule has 2 heteroatoms. The summed E-state index contributed by atoms with van der Waals surface area (Å²) in [5, 5.41) is 3.37. The average Bonchev–Trinajstić information content (AvgIpc) is 2.65. The third kappa shape index (κ3) is 3.06. The smallest absolute Gasteiger partial charge is 0.124 e. The summed E-state index contributed by atoms with van der Waals surface area (Å²) in [6.07, 6.45) is 4.75. The molecule has 94 valence electrons. The zero-order valence-electron chi connectivity index (χ0n) is 10.6. The Hall–Kier alpha value is -0.890. The fourth-order valence-electron chi connectivity index (χ4n) is 2.59. The molecule has 1 nitrogen and oxygen atoms in total. The fourth-order valence-corrected chi connectivity index (χ4v) is 2.59. The van der Waals surface area contributed by atoms with Crippen LogP contribution in [0.1, 0.15) is 49.8 Å². The molecule has 0 bridgehead atoms. The van der Waals surface area contributed by atoms with Crippen LogP contribution in [0.3, 0.4) is 0 Å². The van der Waals surface area contributed by atoms with Crippen LogP contribution in [-0.2, 0) is 6.42 Å². The van der Waals surface area contributed by atoms with Gasteiger partial charge in [-0.1, -0.05) is 50.5 Å². The molecule has 0 saturated heterocycles. The number of halogens is 1. The van der Waals surface area contributed by atoms with Gasteiger partial charge < -0.3 is 5.32 Å². The summed E-state index contributed by atoms with van der Waals surface area (Å²) in [7, 11) is 0. The predicted octanol–water partition coefficient (Wildman–Crippen LogP) is 3.79. The van der Waals surface area contributed by atoms with Crippen molar-refractivity contribution < 1.29 is 4.39 Å². The molecule has 0 amide bonds. The highest BCUT2D eigenvalue weighted by molar-refractivity contribution is 5.36. The number of rotatable bonds is 6. The largest absolute Gasteiger partial charge is 0.308 e. The van der Waals surface area contributed by atoms with Crippen LogP contribution >= 0.6 is 0 Å². The van der Waals surface area contributed by atoms with E-state index in [1.807, 2.05) is 18.2 Å². The van der Waals surface area contributed by atoms with E-state index in [1.165, 1.54) is 24.8 Å². The zero-order chi connectivity index (χ0) is 12.1. The lowest BCUT2D eigenvalue weighted by Gasteiger charge is -2.16. The molecule has 1 aromatic rings. The average molecular weight is 235 g/mol. The van der Waals surface area contributed by atoms with Gasteiger partial charge in [0, 0.05) is 6.42 Å². The van der Waals surface area contributed by atoms with Crippen molar-refractivity contribution in [2.45, 2.75) is 51.2 Å². The maximum atomic E-state index is 13.9. The molecule has 0 saturated carbocycles. The Labute approximate surface area is 103 Å². The van der Waals surface area contributed by atoms with Gasteiger partial charge in [0.2, 0.25) is 0 Å². The molecular formula is C15H22FN. The number of nitrogens with one attached hydrogen (secondary N) is 1. The normalized spacial score (nSPS) is 22.7. The molecule has 2 rings (SSSR count). The molecular weight excluding hydrogens is 213 g/mol. The van der Waals surface area contributed by atoms with Crippen molar-refractivity contribution in [1.82, 2.24) is 5.32 Å². The second kappa shape index (κ2) is 6.15. The third-order valence-corrected chi connectivity index (χ3v) is 3.56. The van der Waals surface area contributed by atoms with Gasteiger partial charge in [-0.15, -0.1) is 0 Å². The van der Waals surface area contributed by atoms with Gasteiger partial charge in [-0.3, -0.25) is 0 Å². The minimum atomic E-state index is -0.751. The van der Waals surface area contributed by atoms with Gasteiger partial charge in [0.25, 0.3) is 0 Å². The van der Waals surface area contributed by atoms with Crippen molar-refractivity contribution in [2.75, 3.05) is 6.54 Å². The molecule has 1 aliphatic rings. The van der Waals surface area contributed by atoms with Gasteiger partial charge in [-0.2, -0.15) is 0 Å². The van der Waals surface area contributed by atoms with Crippen molar-refractivity contribution in [2.24, 2.45) is 0 Å². The van der Waals surface area contributed by atoms with E-state index in [9.17, 15) is 4.39 Å². The van der Waals surface area contributed by atoms with Crippen molar-refractivity contribution in [3.63, 3.8) is 0 Å². The highest BCUT2D eigenvalue weighted by Crippen LogP contribution is 2.33. The number of hydrogen-bond donors (Lipinski definition) is 1. The van der Waals surface area contributed by atoms with E-state index < -0.39 is 6.17 Å². The van der Waals surface area contributed by atoms with E-state index in [1.54, 1.807) is 0 Å². The standard InChI is InChI=1S/C15H22FN/c1-2-3-4-7-10-17-15-13-9-6-5-8-12(13)11-14(15)16/h5-6,8-9,14-15,17H,2-4,7,10-11H2,1H3/t14-,15+/m1/s1. The van der Waals surface area contributed by atoms with Crippen LogP contribution < -0.4 is 5.32 Å². The van der Waals surface area contributed by atoms with Gasteiger partial charge >= 0.3 is 0 Å². The Kier molecular flexibility index (Phi) is 4.55. The molecule has 17 heavy (non-hydrogen) atoms. The molecule has 0 heterocycles. The Balaban J connectivity index is 1.84. The maximum Gasteiger partial charge on any atom is 0.124 e. The first-order valence-corrected chi connectivity index (χ1v) is 6.78. The van der Waals surface area contributed by atoms with Gasteiger partial charge in [0.15, 0.2) is 0 Å². The lowest BCUT2D eigenvalue weighted by Crippen LogP contribution is -2.27. The van der Waals surface area contributed by atoms with Crippen LogP contribution in [0.15, 0.2) is 24.3 Å². The van der Waals surface area contributed by atoms with E-state index in [4.69, 9.17) is 0 Å². The first kappa shape index (κ1) is 12.6. The van der Waals surface area contributed by atoms with E-state index in [2.05, 4.69) is 18.3 Å². The third-order valence-electron chi connectivity index (χ3n) is 3.56. The first-order chi connectivity index (χ1) is 8.33. The van der Waals surface area contributed by atoms with E-state index in [0.29, 0.717) is 6.42 Å². The van der Waals surface area contributed by atoms with Crippen molar-refractivity contribution in [1.29, 1.82) is 0 Å². The summed E-state index contributed by atoms with van der Waals surface area (Å²) in [5.74, 6) is 0. The lowest BCUT2D eigenvalue weighted by molar-refractivity contribution is 0.269. The van der Waals surface area contributed by atoms with Gasteiger partial charge in [0.1, 0.15) is 6.17 Å². The van der Waals surface area contributed by atoms with Crippen molar-refractivity contribution in [3.8, 4) is 0 Å². The number of fused-ring (bicyclic) bond motifs is 1. The number of hydrogen-bond acceptors (Lipinski definition) is 1. The minimum Gasteiger partial charge on any atom is -0.308 e. The SMILES string of the molecule is CCCCCCN[C@H]1c2ccccc2C[C@H]1F. The maximum absolute atomic E-state index is 13.9. The van der Waals surface area contributed by atoms with Crippen molar-refractivity contribution in [3.05, 3.63) is 35.4 Å². The van der Waals surface area contributed by atoms with E-state index in [-0.39, 0.29) is 6.04 Å².